The average molecular weight is 250 g/mol. The van der Waals surface area contributed by atoms with E-state index < -0.39 is 6.10 Å². The number of aliphatic hydroxyl groups excluding tert-OH is 2. The molecule has 1 fully saturated rings. The first-order valence-electron chi connectivity index (χ1n) is 6.71. The number of hydrogen-bond acceptors (Lipinski definition) is 4. The van der Waals surface area contributed by atoms with E-state index in [1.54, 1.807) is 13.1 Å². The van der Waals surface area contributed by atoms with E-state index in [1.165, 1.54) is 6.42 Å². The molecule has 1 unspecified atom stereocenters. The fourth-order valence-electron chi connectivity index (χ4n) is 2.68. The highest BCUT2D eigenvalue weighted by atomic mass is 16.3. The van der Waals surface area contributed by atoms with Crippen LogP contribution in [0.4, 0.5) is 5.82 Å². The minimum Gasteiger partial charge on any atom is -0.396 e. The molecule has 0 saturated carbocycles. The molecule has 4 heteroatoms. The van der Waals surface area contributed by atoms with Gasteiger partial charge in [-0.05, 0) is 38.2 Å². The van der Waals surface area contributed by atoms with Gasteiger partial charge in [-0.15, -0.1) is 0 Å². The number of anilines is 1. The summed E-state index contributed by atoms with van der Waals surface area (Å²) in [5.41, 5.74) is 0.891. The summed E-state index contributed by atoms with van der Waals surface area (Å²) in [5, 5.41) is 18.8. The van der Waals surface area contributed by atoms with E-state index in [-0.39, 0.29) is 6.61 Å². The first-order chi connectivity index (χ1) is 8.72. The van der Waals surface area contributed by atoms with Crippen LogP contribution in [-0.4, -0.2) is 34.9 Å². The quantitative estimate of drug-likeness (QED) is 0.854. The largest absolute Gasteiger partial charge is 0.396 e. The second-order valence-corrected chi connectivity index (χ2v) is 5.06. The summed E-state index contributed by atoms with van der Waals surface area (Å²) < 4.78 is 0. The topological polar surface area (TPSA) is 56.6 Å². The minimum atomic E-state index is -0.494. The van der Waals surface area contributed by atoms with Crippen molar-refractivity contribution in [1.82, 2.24) is 4.98 Å². The van der Waals surface area contributed by atoms with Crippen molar-refractivity contribution >= 4 is 5.82 Å². The van der Waals surface area contributed by atoms with Gasteiger partial charge in [0, 0.05) is 31.5 Å². The van der Waals surface area contributed by atoms with Crippen LogP contribution in [0.2, 0.25) is 0 Å². The van der Waals surface area contributed by atoms with Crippen LogP contribution in [0.1, 0.15) is 37.9 Å². The normalized spacial score (nSPS) is 21.9. The third-order valence-electron chi connectivity index (χ3n) is 3.62. The monoisotopic (exact) mass is 250 g/mol. The third kappa shape index (κ3) is 3.00. The lowest BCUT2D eigenvalue weighted by atomic mass is 9.94. The van der Waals surface area contributed by atoms with Gasteiger partial charge in [0.25, 0.3) is 0 Å². The Labute approximate surface area is 108 Å². The van der Waals surface area contributed by atoms with Crippen LogP contribution >= 0.6 is 0 Å². The Hall–Kier alpha value is -1.13. The molecule has 0 aliphatic carbocycles. The van der Waals surface area contributed by atoms with Gasteiger partial charge in [0.15, 0.2) is 0 Å². The van der Waals surface area contributed by atoms with Gasteiger partial charge in [-0.1, -0.05) is 6.07 Å². The van der Waals surface area contributed by atoms with E-state index in [0.29, 0.717) is 5.92 Å². The molecule has 0 radical (unpaired) electrons. The van der Waals surface area contributed by atoms with Gasteiger partial charge in [0.2, 0.25) is 0 Å². The van der Waals surface area contributed by atoms with Crippen LogP contribution in [0.5, 0.6) is 0 Å². The zero-order valence-electron chi connectivity index (χ0n) is 10.9. The Kier molecular flexibility index (Phi) is 4.55. The van der Waals surface area contributed by atoms with Crippen LogP contribution in [-0.2, 0) is 0 Å². The van der Waals surface area contributed by atoms with Crippen molar-refractivity contribution in [1.29, 1.82) is 0 Å². The number of hydrogen-bond donors (Lipinski definition) is 2. The smallest absolute Gasteiger partial charge is 0.134 e. The fourth-order valence-corrected chi connectivity index (χ4v) is 2.68. The van der Waals surface area contributed by atoms with Crippen LogP contribution in [0.25, 0.3) is 0 Å². The summed E-state index contributed by atoms with van der Waals surface area (Å²) in [6.07, 6.45) is 4.44. The van der Waals surface area contributed by atoms with Crippen molar-refractivity contribution < 1.29 is 10.2 Å². The van der Waals surface area contributed by atoms with Crippen molar-refractivity contribution in [2.24, 2.45) is 5.92 Å². The van der Waals surface area contributed by atoms with Crippen molar-refractivity contribution in [3.05, 3.63) is 23.9 Å². The summed E-state index contributed by atoms with van der Waals surface area (Å²) in [6.45, 7) is 3.94. The molecule has 1 aromatic heterocycles. The molecule has 1 saturated heterocycles. The van der Waals surface area contributed by atoms with Crippen LogP contribution < -0.4 is 4.90 Å². The van der Waals surface area contributed by atoms with Crippen molar-refractivity contribution in [3.63, 3.8) is 0 Å². The van der Waals surface area contributed by atoms with Gasteiger partial charge >= 0.3 is 0 Å². The molecule has 1 aliphatic rings. The van der Waals surface area contributed by atoms with Gasteiger partial charge in [-0.3, -0.25) is 0 Å². The molecule has 0 aromatic carbocycles. The fraction of sp³-hybridized carbons (Fsp3) is 0.643. The summed E-state index contributed by atoms with van der Waals surface area (Å²) in [6, 6.07) is 3.80. The first-order valence-corrected chi connectivity index (χ1v) is 6.71. The summed E-state index contributed by atoms with van der Waals surface area (Å²) in [7, 11) is 0. The highest BCUT2D eigenvalue weighted by Crippen LogP contribution is 2.28. The average Bonchev–Trinajstić information content (AvgIpc) is 2.39. The lowest BCUT2D eigenvalue weighted by Gasteiger charge is -2.34. The van der Waals surface area contributed by atoms with E-state index in [9.17, 15) is 5.11 Å². The predicted molar refractivity (Wildman–Crippen MR) is 71.5 cm³/mol. The molecule has 0 bridgehead atoms. The molecule has 18 heavy (non-hydrogen) atoms. The molecule has 2 N–H and O–H groups in total. The highest BCUT2D eigenvalue weighted by molar-refractivity contribution is 5.48. The Morgan fingerprint density at radius 2 is 2.39 bits per heavy atom. The Morgan fingerprint density at radius 1 is 1.56 bits per heavy atom. The van der Waals surface area contributed by atoms with Crippen molar-refractivity contribution in [2.45, 2.75) is 32.3 Å². The lowest BCUT2D eigenvalue weighted by molar-refractivity contribution is 0.198. The van der Waals surface area contributed by atoms with Gasteiger partial charge in [-0.25, -0.2) is 4.98 Å². The molecule has 1 aromatic rings. The number of rotatable bonds is 4. The Balaban J connectivity index is 2.15. The SMILES string of the molecule is C[C@H](O)c1cccnc1N1CCCC(CCO)C1. The zero-order valence-corrected chi connectivity index (χ0v) is 10.9. The summed E-state index contributed by atoms with van der Waals surface area (Å²) >= 11 is 0. The van der Waals surface area contributed by atoms with Crippen LogP contribution in [0.15, 0.2) is 18.3 Å². The maximum absolute atomic E-state index is 9.80. The number of pyridine rings is 1. The summed E-state index contributed by atoms with van der Waals surface area (Å²) in [5.74, 6) is 1.43. The predicted octanol–water partition coefficient (Wildman–Crippen LogP) is 1.73. The molecule has 2 rings (SSSR count). The lowest BCUT2D eigenvalue weighted by Crippen LogP contribution is -2.37. The molecule has 100 valence electrons. The second kappa shape index (κ2) is 6.16. The molecule has 0 spiro atoms. The van der Waals surface area contributed by atoms with Crippen LogP contribution in [0.3, 0.4) is 0 Å². The zero-order chi connectivity index (χ0) is 13.0. The van der Waals surface area contributed by atoms with E-state index >= 15 is 0 Å². The molecular formula is C14H22N2O2. The Morgan fingerprint density at radius 3 is 3.11 bits per heavy atom. The maximum atomic E-state index is 9.80. The summed E-state index contributed by atoms with van der Waals surface area (Å²) in [4.78, 5) is 6.66. The molecule has 1 aliphatic heterocycles. The minimum absolute atomic E-state index is 0.254. The van der Waals surface area contributed by atoms with Crippen LogP contribution in [0, 0.1) is 5.92 Å². The first kappa shape index (κ1) is 13.3. The molecular weight excluding hydrogens is 228 g/mol. The molecule has 2 atom stereocenters. The standard InChI is InChI=1S/C14H22N2O2/c1-11(18)13-5-2-7-15-14(13)16-8-3-4-12(10-16)6-9-17/h2,5,7,11-12,17-18H,3-4,6,8-10H2,1H3/t11-,12?/m0/s1. The highest BCUT2D eigenvalue weighted by Gasteiger charge is 2.23. The number of aliphatic hydroxyl groups is 2. The number of piperidine rings is 1. The number of nitrogens with zero attached hydrogens (tertiary/aromatic N) is 2. The van der Waals surface area contributed by atoms with E-state index in [4.69, 9.17) is 5.11 Å². The molecule has 4 nitrogen and oxygen atoms in total. The van der Waals surface area contributed by atoms with Gasteiger partial charge in [-0.2, -0.15) is 0 Å². The van der Waals surface area contributed by atoms with Crippen molar-refractivity contribution in [2.75, 3.05) is 24.6 Å². The molecule has 0 amide bonds. The van der Waals surface area contributed by atoms with E-state index in [2.05, 4.69) is 9.88 Å². The van der Waals surface area contributed by atoms with E-state index in [1.807, 2.05) is 12.1 Å². The van der Waals surface area contributed by atoms with E-state index in [0.717, 1.165) is 37.3 Å². The third-order valence-corrected chi connectivity index (χ3v) is 3.62. The van der Waals surface area contributed by atoms with Crippen molar-refractivity contribution in [3.8, 4) is 0 Å². The van der Waals surface area contributed by atoms with Gasteiger partial charge in [0.05, 0.1) is 6.10 Å². The Bertz CT molecular complexity index is 380. The van der Waals surface area contributed by atoms with Gasteiger partial charge in [0.1, 0.15) is 5.82 Å². The second-order valence-electron chi connectivity index (χ2n) is 5.06. The number of aromatic nitrogens is 1. The maximum Gasteiger partial charge on any atom is 0.134 e. The van der Waals surface area contributed by atoms with Gasteiger partial charge < -0.3 is 15.1 Å². The molecule has 2 heterocycles.